The fourth-order valence-corrected chi connectivity index (χ4v) is 1.68. The average Bonchev–Trinajstić information content (AvgIpc) is 2.12. The second-order valence-corrected chi connectivity index (χ2v) is 3.80. The van der Waals surface area contributed by atoms with E-state index in [1.165, 1.54) is 7.11 Å². The monoisotopic (exact) mass is 204 g/mol. The van der Waals surface area contributed by atoms with Gasteiger partial charge in [0.15, 0.2) is 5.78 Å². The fourth-order valence-electron chi connectivity index (χ4n) is 0.717. The minimum absolute atomic E-state index is 0.0482. The lowest BCUT2D eigenvalue weighted by Gasteiger charge is -1.99. The largest absolute Gasteiger partial charge is 0.469 e. The van der Waals surface area contributed by atoms with Crippen molar-refractivity contribution in [2.75, 3.05) is 18.6 Å². The first-order valence-electron chi connectivity index (χ1n) is 4.37. The van der Waals surface area contributed by atoms with Crippen LogP contribution in [0.2, 0.25) is 0 Å². The van der Waals surface area contributed by atoms with Gasteiger partial charge in [-0.2, -0.15) is 11.8 Å². The summed E-state index contributed by atoms with van der Waals surface area (Å²) >= 11 is 1.58. The number of ketones is 1. The number of carbonyl (C=O) groups excluding carboxylic acids is 2. The van der Waals surface area contributed by atoms with E-state index in [1.54, 1.807) is 11.8 Å². The number of ether oxygens (including phenoxy) is 1. The van der Waals surface area contributed by atoms with Crippen molar-refractivity contribution in [1.82, 2.24) is 0 Å². The second kappa shape index (κ2) is 8.10. The molecule has 76 valence electrons. The molecular weight excluding hydrogens is 188 g/mol. The molecule has 0 spiro atoms. The Morgan fingerprint density at radius 3 is 2.62 bits per heavy atom. The molecule has 0 N–H and O–H groups in total. The first-order chi connectivity index (χ1) is 6.20. The third kappa shape index (κ3) is 7.84. The van der Waals surface area contributed by atoms with Crippen molar-refractivity contribution in [3.05, 3.63) is 0 Å². The van der Waals surface area contributed by atoms with Crippen LogP contribution in [-0.4, -0.2) is 30.4 Å². The number of hydrogen-bond donors (Lipinski definition) is 0. The van der Waals surface area contributed by atoms with Crippen LogP contribution in [-0.2, 0) is 14.3 Å². The molecule has 0 heterocycles. The highest BCUT2D eigenvalue weighted by Crippen LogP contribution is 2.05. The number of methoxy groups -OCH3 is 1. The van der Waals surface area contributed by atoms with E-state index in [0.717, 1.165) is 18.6 Å². The molecule has 0 aromatic rings. The van der Waals surface area contributed by atoms with Crippen molar-refractivity contribution in [2.45, 2.75) is 26.2 Å². The molecular formula is C9H16O3S. The van der Waals surface area contributed by atoms with Crippen LogP contribution in [0, 0.1) is 0 Å². The molecule has 3 nitrogen and oxygen atoms in total. The third-order valence-electron chi connectivity index (χ3n) is 1.47. The predicted octanol–water partition coefficient (Wildman–Crippen LogP) is 1.65. The molecule has 0 fully saturated rings. The van der Waals surface area contributed by atoms with Crippen LogP contribution in [0.4, 0.5) is 0 Å². The average molecular weight is 204 g/mol. The molecule has 0 saturated heterocycles. The lowest BCUT2D eigenvalue weighted by atomic mass is 10.3. The zero-order valence-electron chi connectivity index (χ0n) is 8.17. The van der Waals surface area contributed by atoms with Gasteiger partial charge in [0.2, 0.25) is 0 Å². The van der Waals surface area contributed by atoms with E-state index in [1.807, 2.05) is 0 Å². The molecule has 13 heavy (non-hydrogen) atoms. The van der Waals surface area contributed by atoms with E-state index in [2.05, 4.69) is 11.7 Å². The van der Waals surface area contributed by atoms with Gasteiger partial charge in [0, 0.05) is 0 Å². The standard InChI is InChI=1S/C9H16O3S/c1-3-4-5-13-7-8(10)6-9(11)12-2/h3-7H2,1-2H3. The van der Waals surface area contributed by atoms with Crippen LogP contribution in [0.25, 0.3) is 0 Å². The summed E-state index contributed by atoms with van der Waals surface area (Å²) < 4.78 is 4.38. The number of rotatable bonds is 7. The highest BCUT2D eigenvalue weighted by atomic mass is 32.2. The summed E-state index contributed by atoms with van der Waals surface area (Å²) in [4.78, 5) is 21.7. The van der Waals surface area contributed by atoms with E-state index in [0.29, 0.717) is 5.75 Å². The van der Waals surface area contributed by atoms with Crippen LogP contribution in [0.15, 0.2) is 0 Å². The number of esters is 1. The Bertz CT molecular complexity index is 168. The van der Waals surface area contributed by atoms with Crippen LogP contribution >= 0.6 is 11.8 Å². The molecule has 0 aliphatic carbocycles. The summed E-state index contributed by atoms with van der Waals surface area (Å²) in [7, 11) is 1.29. The SMILES string of the molecule is CCCCSCC(=O)CC(=O)OC. The first kappa shape index (κ1) is 12.5. The molecule has 0 aromatic carbocycles. The molecule has 0 atom stereocenters. The summed E-state index contributed by atoms with van der Waals surface area (Å²) in [5.41, 5.74) is 0. The van der Waals surface area contributed by atoms with Gasteiger partial charge in [-0.25, -0.2) is 0 Å². The summed E-state index contributed by atoms with van der Waals surface area (Å²) in [5.74, 6) is 0.924. The zero-order chi connectivity index (χ0) is 10.1. The van der Waals surface area contributed by atoms with Gasteiger partial charge in [0.05, 0.1) is 12.9 Å². The minimum atomic E-state index is -0.443. The van der Waals surface area contributed by atoms with Gasteiger partial charge in [-0.15, -0.1) is 0 Å². The van der Waals surface area contributed by atoms with Crippen LogP contribution in [0.1, 0.15) is 26.2 Å². The molecule has 0 bridgehead atoms. The number of Topliss-reactive ketones (excluding diaryl/α,β-unsaturated/α-hetero) is 1. The van der Waals surface area contributed by atoms with Crippen molar-refractivity contribution in [3.8, 4) is 0 Å². The topological polar surface area (TPSA) is 43.4 Å². The second-order valence-electron chi connectivity index (χ2n) is 2.70. The molecule has 0 rings (SSSR count). The van der Waals surface area contributed by atoms with Crippen LogP contribution in [0.3, 0.4) is 0 Å². The van der Waals surface area contributed by atoms with Gasteiger partial charge in [-0.05, 0) is 12.2 Å². The highest BCUT2D eigenvalue weighted by molar-refractivity contribution is 7.99. The quantitative estimate of drug-likeness (QED) is 0.359. The molecule has 0 amide bonds. The molecule has 0 saturated carbocycles. The molecule has 0 aliphatic rings. The van der Waals surface area contributed by atoms with Gasteiger partial charge >= 0.3 is 5.97 Å². The zero-order valence-corrected chi connectivity index (χ0v) is 8.99. The third-order valence-corrected chi connectivity index (χ3v) is 2.58. The molecule has 0 radical (unpaired) electrons. The summed E-state index contributed by atoms with van der Waals surface area (Å²) in [6, 6.07) is 0. The Kier molecular flexibility index (Phi) is 7.79. The Labute approximate surface area is 83.2 Å². The minimum Gasteiger partial charge on any atom is -0.469 e. The first-order valence-corrected chi connectivity index (χ1v) is 5.52. The van der Waals surface area contributed by atoms with Gasteiger partial charge in [0.25, 0.3) is 0 Å². The van der Waals surface area contributed by atoms with Crippen molar-refractivity contribution in [1.29, 1.82) is 0 Å². The number of carbonyl (C=O) groups is 2. The maximum Gasteiger partial charge on any atom is 0.313 e. The van der Waals surface area contributed by atoms with Crippen LogP contribution < -0.4 is 0 Å². The Balaban J connectivity index is 3.35. The smallest absolute Gasteiger partial charge is 0.313 e. The van der Waals surface area contributed by atoms with Gasteiger partial charge in [0.1, 0.15) is 6.42 Å². The predicted molar refractivity (Wildman–Crippen MR) is 53.9 cm³/mol. The van der Waals surface area contributed by atoms with Gasteiger partial charge in [-0.1, -0.05) is 13.3 Å². The fraction of sp³-hybridized carbons (Fsp3) is 0.778. The van der Waals surface area contributed by atoms with Crippen molar-refractivity contribution in [3.63, 3.8) is 0 Å². The highest BCUT2D eigenvalue weighted by Gasteiger charge is 2.08. The van der Waals surface area contributed by atoms with Gasteiger partial charge < -0.3 is 4.74 Å². The van der Waals surface area contributed by atoms with Crippen LogP contribution in [0.5, 0.6) is 0 Å². The van der Waals surface area contributed by atoms with Crippen molar-refractivity contribution in [2.24, 2.45) is 0 Å². The van der Waals surface area contributed by atoms with E-state index in [9.17, 15) is 9.59 Å². The van der Waals surface area contributed by atoms with Gasteiger partial charge in [-0.3, -0.25) is 9.59 Å². The molecule has 4 heteroatoms. The summed E-state index contributed by atoms with van der Waals surface area (Å²) in [6.07, 6.45) is 2.17. The van der Waals surface area contributed by atoms with E-state index in [-0.39, 0.29) is 12.2 Å². The summed E-state index contributed by atoms with van der Waals surface area (Å²) in [6.45, 7) is 2.11. The Morgan fingerprint density at radius 1 is 1.38 bits per heavy atom. The van der Waals surface area contributed by atoms with E-state index >= 15 is 0 Å². The van der Waals surface area contributed by atoms with Crippen molar-refractivity contribution >= 4 is 23.5 Å². The lowest BCUT2D eigenvalue weighted by Crippen LogP contribution is -2.11. The normalized spacial score (nSPS) is 9.69. The summed E-state index contributed by atoms with van der Waals surface area (Å²) in [5, 5.41) is 0. The maximum atomic E-state index is 11.1. The molecule has 0 aromatic heterocycles. The van der Waals surface area contributed by atoms with Crippen molar-refractivity contribution < 1.29 is 14.3 Å². The number of unbranched alkanes of at least 4 members (excludes halogenated alkanes) is 1. The lowest BCUT2D eigenvalue weighted by molar-refractivity contribution is -0.142. The number of thioether (sulfide) groups is 1. The van der Waals surface area contributed by atoms with E-state index < -0.39 is 5.97 Å². The Morgan fingerprint density at radius 2 is 2.08 bits per heavy atom. The molecule has 0 unspecified atom stereocenters. The van der Waals surface area contributed by atoms with E-state index in [4.69, 9.17) is 0 Å². The molecule has 0 aliphatic heterocycles. The maximum absolute atomic E-state index is 11.1. The Hall–Kier alpha value is -0.510. The number of hydrogen-bond acceptors (Lipinski definition) is 4.